The van der Waals surface area contributed by atoms with Crippen molar-refractivity contribution < 1.29 is 8.78 Å². The van der Waals surface area contributed by atoms with Gasteiger partial charge in [-0.15, -0.1) is 0 Å². The number of rotatable bonds is 4. The fourth-order valence-electron chi connectivity index (χ4n) is 1.88. The molecule has 1 aromatic carbocycles. The van der Waals surface area contributed by atoms with Gasteiger partial charge in [0.25, 0.3) is 0 Å². The Morgan fingerprint density at radius 1 is 1.30 bits per heavy atom. The maximum Gasteiger partial charge on any atom is 0.131 e. The summed E-state index contributed by atoms with van der Waals surface area (Å²) < 4.78 is 29.1. The lowest BCUT2D eigenvalue weighted by atomic mass is 10.1. The standard InChI is InChI=1S/C14H14F2N4/c1-9-11(7-19-20(9)2)6-18-8-12-13(15)3-10(5-17)4-14(12)16/h3-4,7,18H,6,8H2,1-2H3. The van der Waals surface area contributed by atoms with E-state index in [1.54, 1.807) is 16.9 Å². The van der Waals surface area contributed by atoms with Crippen LogP contribution in [0.2, 0.25) is 0 Å². The lowest BCUT2D eigenvalue weighted by Crippen LogP contribution is -2.15. The lowest BCUT2D eigenvalue weighted by molar-refractivity contribution is 0.534. The molecular formula is C14H14F2N4. The third-order valence-electron chi connectivity index (χ3n) is 3.22. The van der Waals surface area contributed by atoms with E-state index < -0.39 is 11.6 Å². The molecule has 1 heterocycles. The molecule has 1 aromatic heterocycles. The van der Waals surface area contributed by atoms with Crippen LogP contribution in [0.5, 0.6) is 0 Å². The summed E-state index contributed by atoms with van der Waals surface area (Å²) in [5.41, 5.74) is 1.89. The summed E-state index contributed by atoms with van der Waals surface area (Å²) in [6, 6.07) is 3.79. The largest absolute Gasteiger partial charge is 0.308 e. The first-order valence-electron chi connectivity index (χ1n) is 6.09. The van der Waals surface area contributed by atoms with E-state index in [4.69, 9.17) is 5.26 Å². The van der Waals surface area contributed by atoms with Crippen LogP contribution in [0.4, 0.5) is 8.78 Å². The van der Waals surface area contributed by atoms with E-state index in [1.807, 2.05) is 14.0 Å². The minimum absolute atomic E-state index is 0.0214. The van der Waals surface area contributed by atoms with Crippen LogP contribution in [0, 0.1) is 29.9 Å². The molecule has 1 N–H and O–H groups in total. The Morgan fingerprint density at radius 3 is 2.45 bits per heavy atom. The third-order valence-corrected chi connectivity index (χ3v) is 3.22. The van der Waals surface area contributed by atoms with Gasteiger partial charge in [0, 0.05) is 37.0 Å². The zero-order valence-corrected chi connectivity index (χ0v) is 11.2. The minimum atomic E-state index is -0.711. The molecule has 0 radical (unpaired) electrons. The van der Waals surface area contributed by atoms with E-state index in [9.17, 15) is 8.78 Å². The number of aryl methyl sites for hydroxylation is 1. The van der Waals surface area contributed by atoms with Crippen LogP contribution in [0.1, 0.15) is 22.4 Å². The van der Waals surface area contributed by atoms with Crippen LogP contribution >= 0.6 is 0 Å². The number of nitrogens with one attached hydrogen (secondary N) is 1. The highest BCUT2D eigenvalue weighted by molar-refractivity contribution is 5.34. The average molecular weight is 276 g/mol. The van der Waals surface area contributed by atoms with E-state index in [0.717, 1.165) is 23.4 Å². The number of aromatic nitrogens is 2. The van der Waals surface area contributed by atoms with Crippen molar-refractivity contribution in [3.63, 3.8) is 0 Å². The van der Waals surface area contributed by atoms with Crippen LogP contribution < -0.4 is 5.32 Å². The lowest BCUT2D eigenvalue weighted by Gasteiger charge is -2.07. The second-order valence-corrected chi connectivity index (χ2v) is 4.51. The summed E-state index contributed by atoms with van der Waals surface area (Å²) in [4.78, 5) is 0. The van der Waals surface area contributed by atoms with Gasteiger partial charge in [-0.1, -0.05) is 0 Å². The summed E-state index contributed by atoms with van der Waals surface area (Å²) in [6.45, 7) is 2.45. The molecule has 4 nitrogen and oxygen atoms in total. The van der Waals surface area contributed by atoms with Gasteiger partial charge in [0.1, 0.15) is 11.6 Å². The van der Waals surface area contributed by atoms with Crippen molar-refractivity contribution in [1.29, 1.82) is 5.26 Å². The number of hydrogen-bond donors (Lipinski definition) is 1. The number of hydrogen-bond acceptors (Lipinski definition) is 3. The molecule has 0 fully saturated rings. The Hall–Kier alpha value is -2.26. The van der Waals surface area contributed by atoms with Gasteiger partial charge in [0.15, 0.2) is 0 Å². The molecule has 2 aromatic rings. The van der Waals surface area contributed by atoms with Crippen LogP contribution in [0.25, 0.3) is 0 Å². The molecule has 104 valence electrons. The first-order valence-corrected chi connectivity index (χ1v) is 6.09. The predicted octanol–water partition coefficient (Wildman–Crippen LogP) is 2.17. The van der Waals surface area contributed by atoms with Crippen molar-refractivity contribution in [2.75, 3.05) is 0 Å². The van der Waals surface area contributed by atoms with Crippen LogP contribution in [0.3, 0.4) is 0 Å². The van der Waals surface area contributed by atoms with Gasteiger partial charge in [0.05, 0.1) is 17.8 Å². The molecule has 0 aliphatic carbocycles. The van der Waals surface area contributed by atoms with E-state index in [-0.39, 0.29) is 17.7 Å². The fraction of sp³-hybridized carbons (Fsp3) is 0.286. The predicted molar refractivity (Wildman–Crippen MR) is 69.6 cm³/mol. The van der Waals surface area contributed by atoms with E-state index in [2.05, 4.69) is 10.4 Å². The molecular weight excluding hydrogens is 262 g/mol. The van der Waals surface area contributed by atoms with Crippen LogP contribution in [-0.2, 0) is 20.1 Å². The van der Waals surface area contributed by atoms with Gasteiger partial charge in [0.2, 0.25) is 0 Å². The summed E-state index contributed by atoms with van der Waals surface area (Å²) in [5, 5.41) is 15.7. The molecule has 0 bridgehead atoms. The third kappa shape index (κ3) is 2.83. The molecule has 0 amide bonds. The van der Waals surface area contributed by atoms with Gasteiger partial charge in [-0.2, -0.15) is 10.4 Å². The fourth-order valence-corrected chi connectivity index (χ4v) is 1.88. The molecule has 20 heavy (non-hydrogen) atoms. The van der Waals surface area contributed by atoms with Crippen molar-refractivity contribution in [2.24, 2.45) is 7.05 Å². The molecule has 0 atom stereocenters. The van der Waals surface area contributed by atoms with Crippen molar-refractivity contribution in [3.8, 4) is 6.07 Å². The topological polar surface area (TPSA) is 53.6 Å². The molecule has 0 aliphatic heterocycles. The average Bonchev–Trinajstić information content (AvgIpc) is 2.73. The van der Waals surface area contributed by atoms with Gasteiger partial charge in [-0.05, 0) is 19.1 Å². The molecule has 0 saturated heterocycles. The Balaban J connectivity index is 2.05. The highest BCUT2D eigenvalue weighted by Gasteiger charge is 2.11. The van der Waals surface area contributed by atoms with Crippen molar-refractivity contribution in [1.82, 2.24) is 15.1 Å². The van der Waals surface area contributed by atoms with Gasteiger partial charge in [-0.25, -0.2) is 8.78 Å². The molecule has 0 aliphatic rings. The maximum atomic E-state index is 13.7. The first kappa shape index (κ1) is 14.2. The summed E-state index contributed by atoms with van der Waals surface area (Å²) >= 11 is 0. The highest BCUT2D eigenvalue weighted by atomic mass is 19.1. The number of nitrogens with zero attached hydrogens (tertiary/aromatic N) is 3. The maximum absolute atomic E-state index is 13.7. The number of nitriles is 1. The van der Waals surface area contributed by atoms with Crippen LogP contribution in [0.15, 0.2) is 18.3 Å². The summed E-state index contributed by atoms with van der Waals surface area (Å²) in [6.07, 6.45) is 1.72. The van der Waals surface area contributed by atoms with E-state index in [0.29, 0.717) is 6.54 Å². The minimum Gasteiger partial charge on any atom is -0.308 e. The van der Waals surface area contributed by atoms with Crippen molar-refractivity contribution in [2.45, 2.75) is 20.0 Å². The SMILES string of the molecule is Cc1c(CNCc2c(F)cc(C#N)cc2F)cnn1C. The molecule has 0 saturated carbocycles. The smallest absolute Gasteiger partial charge is 0.131 e. The van der Waals surface area contributed by atoms with Gasteiger partial charge < -0.3 is 5.32 Å². The Kier molecular flexibility index (Phi) is 4.11. The molecule has 2 rings (SSSR count). The Bertz CT molecular complexity index is 647. The Labute approximate surface area is 115 Å². The number of benzene rings is 1. The zero-order chi connectivity index (χ0) is 14.7. The van der Waals surface area contributed by atoms with Crippen LogP contribution in [-0.4, -0.2) is 9.78 Å². The highest BCUT2D eigenvalue weighted by Crippen LogP contribution is 2.15. The normalized spacial score (nSPS) is 10.6. The zero-order valence-electron chi connectivity index (χ0n) is 11.2. The molecule has 6 heteroatoms. The molecule has 0 spiro atoms. The Morgan fingerprint density at radius 2 is 1.95 bits per heavy atom. The van der Waals surface area contributed by atoms with Crippen molar-refractivity contribution in [3.05, 3.63) is 52.3 Å². The summed E-state index contributed by atoms with van der Waals surface area (Å²) in [5.74, 6) is -1.42. The number of halogens is 2. The second kappa shape index (κ2) is 5.80. The second-order valence-electron chi connectivity index (χ2n) is 4.51. The van der Waals surface area contributed by atoms with E-state index in [1.165, 1.54) is 0 Å². The van der Waals surface area contributed by atoms with Crippen molar-refractivity contribution >= 4 is 0 Å². The molecule has 0 unspecified atom stereocenters. The first-order chi connectivity index (χ1) is 9.52. The quantitative estimate of drug-likeness (QED) is 0.931. The van der Waals surface area contributed by atoms with Gasteiger partial charge in [-0.3, -0.25) is 4.68 Å². The monoisotopic (exact) mass is 276 g/mol. The van der Waals surface area contributed by atoms with Gasteiger partial charge >= 0.3 is 0 Å². The van der Waals surface area contributed by atoms with E-state index >= 15 is 0 Å². The summed E-state index contributed by atoms with van der Waals surface area (Å²) in [7, 11) is 1.83.